The third-order valence-electron chi connectivity index (χ3n) is 2.85. The van der Waals surface area contributed by atoms with Crippen LogP contribution in [0.1, 0.15) is 29.3 Å². The molecule has 0 saturated heterocycles. The smallest absolute Gasteiger partial charge is 0.335 e. The number of rotatable bonds is 6. The van der Waals surface area contributed by atoms with Crippen LogP contribution >= 0.6 is 0 Å². The number of benzene rings is 1. The van der Waals surface area contributed by atoms with Gasteiger partial charge in [0, 0.05) is 20.1 Å². The summed E-state index contributed by atoms with van der Waals surface area (Å²) in [5.41, 5.74) is 0.918. The second kappa shape index (κ2) is 7.49. The summed E-state index contributed by atoms with van der Waals surface area (Å²) < 4.78 is 0. The van der Waals surface area contributed by atoms with Gasteiger partial charge in [0.25, 0.3) is 0 Å². The first kappa shape index (κ1) is 16.0. The highest BCUT2D eigenvalue weighted by molar-refractivity contribution is 5.87. The van der Waals surface area contributed by atoms with Crippen molar-refractivity contribution in [2.24, 2.45) is 0 Å². The maximum atomic E-state index is 11.8. The molecule has 2 amide bonds. The van der Waals surface area contributed by atoms with Crippen LogP contribution < -0.4 is 5.32 Å². The molecule has 0 aliphatic carbocycles. The molecule has 0 aliphatic heterocycles. The Morgan fingerprint density at radius 1 is 1.40 bits per heavy atom. The molecule has 1 rings (SSSR count). The lowest BCUT2D eigenvalue weighted by Crippen LogP contribution is -2.38. The van der Waals surface area contributed by atoms with E-state index in [1.165, 1.54) is 17.0 Å². The van der Waals surface area contributed by atoms with Crippen molar-refractivity contribution in [3.05, 3.63) is 35.4 Å². The number of carbonyl (C=O) groups excluding carboxylic acids is 1. The first-order valence-corrected chi connectivity index (χ1v) is 6.39. The van der Waals surface area contributed by atoms with Crippen molar-refractivity contribution in [1.82, 2.24) is 10.2 Å². The number of urea groups is 1. The number of carboxylic acid groups (broad SMARTS) is 1. The van der Waals surface area contributed by atoms with Crippen LogP contribution in [-0.4, -0.2) is 46.8 Å². The Morgan fingerprint density at radius 2 is 2.10 bits per heavy atom. The van der Waals surface area contributed by atoms with Gasteiger partial charge in [0.05, 0.1) is 11.7 Å². The van der Waals surface area contributed by atoms with Crippen LogP contribution in [0.25, 0.3) is 0 Å². The monoisotopic (exact) mass is 280 g/mol. The molecule has 20 heavy (non-hydrogen) atoms. The summed E-state index contributed by atoms with van der Waals surface area (Å²) in [4.78, 5) is 24.1. The Morgan fingerprint density at radius 3 is 2.70 bits per heavy atom. The molecule has 0 fully saturated rings. The minimum Gasteiger partial charge on any atom is -0.478 e. The number of carboxylic acids is 1. The van der Waals surface area contributed by atoms with Crippen LogP contribution in [-0.2, 0) is 6.54 Å². The molecule has 3 N–H and O–H groups in total. The fraction of sp³-hybridized carbons (Fsp3) is 0.429. The molecule has 0 aliphatic rings. The lowest BCUT2D eigenvalue weighted by Gasteiger charge is -2.18. The van der Waals surface area contributed by atoms with Gasteiger partial charge in [0.2, 0.25) is 0 Å². The normalized spacial score (nSPS) is 11.8. The van der Waals surface area contributed by atoms with Crippen molar-refractivity contribution < 1.29 is 19.8 Å². The minimum absolute atomic E-state index is 0.194. The Hall–Kier alpha value is -2.08. The van der Waals surface area contributed by atoms with Crippen LogP contribution in [0.3, 0.4) is 0 Å². The zero-order valence-corrected chi connectivity index (χ0v) is 11.7. The van der Waals surface area contributed by atoms with Gasteiger partial charge in [0.1, 0.15) is 0 Å². The molecule has 0 saturated carbocycles. The number of hydrogen-bond acceptors (Lipinski definition) is 3. The third-order valence-corrected chi connectivity index (χ3v) is 2.85. The van der Waals surface area contributed by atoms with E-state index < -0.39 is 12.1 Å². The van der Waals surface area contributed by atoms with Crippen molar-refractivity contribution in [1.29, 1.82) is 0 Å². The summed E-state index contributed by atoms with van der Waals surface area (Å²) in [6.07, 6.45) is 0.0656. The number of amides is 2. The van der Waals surface area contributed by atoms with Crippen molar-refractivity contribution in [3.8, 4) is 0 Å². The van der Waals surface area contributed by atoms with Gasteiger partial charge < -0.3 is 20.4 Å². The lowest BCUT2D eigenvalue weighted by atomic mass is 10.1. The fourth-order valence-corrected chi connectivity index (χ4v) is 1.61. The topological polar surface area (TPSA) is 89.9 Å². The van der Waals surface area contributed by atoms with Gasteiger partial charge in [-0.25, -0.2) is 9.59 Å². The molecule has 0 heterocycles. The number of hydrogen-bond donors (Lipinski definition) is 3. The SMILES string of the molecule is CC(O)CCN(C)C(=O)NCc1cccc(C(=O)O)c1. The van der Waals surface area contributed by atoms with Crippen LogP contribution in [0.5, 0.6) is 0 Å². The van der Waals surface area contributed by atoms with E-state index in [2.05, 4.69) is 5.32 Å². The van der Waals surface area contributed by atoms with Gasteiger partial charge in [-0.2, -0.15) is 0 Å². The van der Waals surface area contributed by atoms with E-state index in [1.54, 1.807) is 26.1 Å². The quantitative estimate of drug-likeness (QED) is 0.732. The average Bonchev–Trinajstić information content (AvgIpc) is 2.42. The molecule has 1 atom stereocenters. The first-order chi connectivity index (χ1) is 9.40. The van der Waals surface area contributed by atoms with Gasteiger partial charge in [0.15, 0.2) is 0 Å². The van der Waals surface area contributed by atoms with E-state index in [9.17, 15) is 9.59 Å². The molecular formula is C14H20N2O4. The molecule has 0 radical (unpaired) electrons. The Labute approximate surface area is 118 Å². The van der Waals surface area contributed by atoms with E-state index in [0.717, 1.165) is 5.56 Å². The van der Waals surface area contributed by atoms with Crippen molar-refractivity contribution in [2.45, 2.75) is 26.0 Å². The standard InChI is InChI=1S/C14H20N2O4/c1-10(17)6-7-16(2)14(20)15-9-11-4-3-5-12(8-11)13(18)19/h3-5,8,10,17H,6-7,9H2,1-2H3,(H,15,20)(H,18,19). The molecule has 0 spiro atoms. The highest BCUT2D eigenvalue weighted by Gasteiger charge is 2.09. The summed E-state index contributed by atoms with van der Waals surface area (Å²) in [5, 5.41) is 20.7. The zero-order valence-electron chi connectivity index (χ0n) is 11.7. The molecule has 1 aromatic rings. The summed E-state index contributed by atoms with van der Waals surface area (Å²) in [7, 11) is 1.64. The van der Waals surface area contributed by atoms with Crippen molar-refractivity contribution in [3.63, 3.8) is 0 Å². The third kappa shape index (κ3) is 5.27. The van der Waals surface area contributed by atoms with Gasteiger partial charge in [-0.1, -0.05) is 12.1 Å². The maximum absolute atomic E-state index is 11.8. The zero-order chi connectivity index (χ0) is 15.1. The summed E-state index contributed by atoms with van der Waals surface area (Å²) >= 11 is 0. The molecule has 110 valence electrons. The van der Waals surface area contributed by atoms with E-state index in [0.29, 0.717) is 13.0 Å². The first-order valence-electron chi connectivity index (χ1n) is 6.39. The summed E-state index contributed by atoms with van der Waals surface area (Å²) in [5.74, 6) is -0.993. The van der Waals surface area contributed by atoms with Crippen LogP contribution in [0.15, 0.2) is 24.3 Å². The van der Waals surface area contributed by atoms with Crippen molar-refractivity contribution >= 4 is 12.0 Å². The number of carbonyl (C=O) groups is 2. The van der Waals surface area contributed by atoms with E-state index in [4.69, 9.17) is 10.2 Å². The molecule has 6 nitrogen and oxygen atoms in total. The molecule has 1 unspecified atom stereocenters. The van der Waals surface area contributed by atoms with Crippen LogP contribution in [0, 0.1) is 0 Å². The van der Waals surface area contributed by atoms with Crippen molar-refractivity contribution in [2.75, 3.05) is 13.6 Å². The van der Waals surface area contributed by atoms with Gasteiger partial charge in [-0.15, -0.1) is 0 Å². The Kier molecular flexibility index (Phi) is 5.99. The summed E-state index contributed by atoms with van der Waals surface area (Å²) in [6, 6.07) is 6.16. The number of nitrogens with zero attached hydrogens (tertiary/aromatic N) is 1. The van der Waals surface area contributed by atoms with Gasteiger partial charge >= 0.3 is 12.0 Å². The lowest BCUT2D eigenvalue weighted by molar-refractivity contribution is 0.0696. The van der Waals surface area contributed by atoms with Gasteiger partial charge in [-0.05, 0) is 31.0 Å². The van der Waals surface area contributed by atoms with Crippen LogP contribution in [0.4, 0.5) is 4.79 Å². The number of aromatic carboxylic acids is 1. The Bertz CT molecular complexity index is 474. The largest absolute Gasteiger partial charge is 0.478 e. The van der Waals surface area contributed by atoms with E-state index in [-0.39, 0.29) is 18.1 Å². The Balaban J connectivity index is 2.48. The molecule has 0 bridgehead atoms. The molecule has 1 aromatic carbocycles. The van der Waals surface area contributed by atoms with Crippen LogP contribution in [0.2, 0.25) is 0 Å². The molecule has 0 aromatic heterocycles. The highest BCUT2D eigenvalue weighted by Crippen LogP contribution is 2.05. The molecular weight excluding hydrogens is 260 g/mol. The number of nitrogens with one attached hydrogen (secondary N) is 1. The predicted octanol–water partition coefficient (Wildman–Crippen LogP) is 1.30. The summed E-state index contributed by atoms with van der Waals surface area (Å²) in [6.45, 7) is 2.39. The maximum Gasteiger partial charge on any atom is 0.335 e. The minimum atomic E-state index is -0.993. The van der Waals surface area contributed by atoms with Gasteiger partial charge in [-0.3, -0.25) is 0 Å². The number of aliphatic hydroxyl groups excluding tert-OH is 1. The number of aliphatic hydroxyl groups is 1. The molecule has 6 heteroatoms. The van der Waals surface area contributed by atoms with E-state index >= 15 is 0 Å². The fourth-order valence-electron chi connectivity index (χ4n) is 1.61. The average molecular weight is 280 g/mol. The highest BCUT2D eigenvalue weighted by atomic mass is 16.4. The second-order valence-electron chi connectivity index (χ2n) is 4.72. The predicted molar refractivity (Wildman–Crippen MR) is 74.6 cm³/mol. The van der Waals surface area contributed by atoms with E-state index in [1.807, 2.05) is 0 Å². The second-order valence-corrected chi connectivity index (χ2v) is 4.72.